The number of ether oxygens (including phenoxy) is 1. The average molecular weight is 271 g/mol. The van der Waals surface area contributed by atoms with Gasteiger partial charge in [0.05, 0.1) is 18.8 Å². The van der Waals surface area contributed by atoms with Crippen LogP contribution in [0.15, 0.2) is 0 Å². The van der Waals surface area contributed by atoms with Crippen molar-refractivity contribution in [2.75, 3.05) is 19.8 Å². The molecule has 0 aromatic carbocycles. The first kappa shape index (κ1) is 17.2. The highest BCUT2D eigenvalue weighted by atomic mass is 19.4. The average Bonchev–Trinajstić information content (AvgIpc) is 2.31. The first-order chi connectivity index (χ1) is 8.28. The van der Waals surface area contributed by atoms with Gasteiger partial charge in [-0.3, -0.25) is 4.79 Å². The molecular formula is C11H20F3NO3. The molecule has 0 saturated carbocycles. The minimum absolute atomic E-state index is 0.155. The number of aliphatic hydroxyl groups is 1. The molecule has 0 aromatic rings. The van der Waals surface area contributed by atoms with Crippen LogP contribution in [0.4, 0.5) is 13.2 Å². The van der Waals surface area contributed by atoms with Gasteiger partial charge in [0.2, 0.25) is 5.91 Å². The summed E-state index contributed by atoms with van der Waals surface area (Å²) >= 11 is 0. The Morgan fingerprint density at radius 2 is 1.83 bits per heavy atom. The van der Waals surface area contributed by atoms with Crippen LogP contribution in [-0.4, -0.2) is 42.5 Å². The lowest BCUT2D eigenvalue weighted by molar-refractivity contribution is -0.174. The van der Waals surface area contributed by atoms with Crippen molar-refractivity contribution in [2.24, 2.45) is 0 Å². The lowest BCUT2D eigenvalue weighted by Crippen LogP contribution is -2.50. The van der Waals surface area contributed by atoms with Crippen LogP contribution in [0.1, 0.15) is 33.1 Å². The first-order valence-electron chi connectivity index (χ1n) is 5.85. The number of hydrogen-bond donors (Lipinski definition) is 2. The van der Waals surface area contributed by atoms with Crippen molar-refractivity contribution < 1.29 is 27.8 Å². The summed E-state index contributed by atoms with van der Waals surface area (Å²) in [5.74, 6) is -0.421. The summed E-state index contributed by atoms with van der Waals surface area (Å²) in [4.78, 5) is 11.5. The number of amides is 1. The second kappa shape index (κ2) is 7.58. The quantitative estimate of drug-likeness (QED) is 0.660. The number of nitrogens with one attached hydrogen (secondary N) is 1. The molecule has 0 saturated heterocycles. The SMILES string of the molecule is CCC(CC)(CO)NC(=O)CCOCC(F)(F)F. The van der Waals surface area contributed by atoms with E-state index in [1.807, 2.05) is 13.8 Å². The van der Waals surface area contributed by atoms with E-state index in [4.69, 9.17) is 0 Å². The lowest BCUT2D eigenvalue weighted by atomic mass is 9.94. The number of carbonyl (C=O) groups is 1. The van der Waals surface area contributed by atoms with E-state index in [1.165, 1.54) is 0 Å². The number of alkyl halides is 3. The smallest absolute Gasteiger partial charge is 0.394 e. The number of carbonyl (C=O) groups excluding carboxylic acids is 1. The molecule has 0 rings (SSSR count). The molecule has 18 heavy (non-hydrogen) atoms. The molecule has 0 fully saturated rings. The predicted octanol–water partition coefficient (Wildman–Crippen LogP) is 1.62. The van der Waals surface area contributed by atoms with Gasteiger partial charge in [0.1, 0.15) is 6.61 Å². The third kappa shape index (κ3) is 6.80. The second-order valence-corrected chi connectivity index (χ2v) is 4.11. The standard InChI is InChI=1S/C11H20F3NO3/c1-3-10(4-2,7-16)15-9(17)5-6-18-8-11(12,13)14/h16H,3-8H2,1-2H3,(H,15,17). The maximum Gasteiger partial charge on any atom is 0.411 e. The maximum absolute atomic E-state index is 11.8. The van der Waals surface area contributed by atoms with E-state index in [0.29, 0.717) is 12.8 Å². The van der Waals surface area contributed by atoms with Crippen molar-refractivity contribution in [3.05, 3.63) is 0 Å². The summed E-state index contributed by atoms with van der Waals surface area (Å²) in [5.41, 5.74) is -0.693. The Labute approximate surface area is 105 Å². The van der Waals surface area contributed by atoms with Crippen LogP contribution in [0, 0.1) is 0 Å². The normalized spacial score (nSPS) is 12.6. The van der Waals surface area contributed by atoms with Gasteiger partial charge in [-0.25, -0.2) is 0 Å². The maximum atomic E-state index is 11.8. The molecule has 0 unspecified atom stereocenters. The van der Waals surface area contributed by atoms with Crippen LogP contribution in [0.25, 0.3) is 0 Å². The predicted molar refractivity (Wildman–Crippen MR) is 60.0 cm³/mol. The fourth-order valence-corrected chi connectivity index (χ4v) is 1.40. The van der Waals surface area contributed by atoms with Crippen molar-refractivity contribution in [2.45, 2.75) is 44.8 Å². The molecule has 0 aliphatic carbocycles. The molecule has 0 aliphatic rings. The molecule has 4 nitrogen and oxygen atoms in total. The van der Waals surface area contributed by atoms with Crippen LogP contribution < -0.4 is 5.32 Å². The van der Waals surface area contributed by atoms with Crippen molar-refractivity contribution in [3.8, 4) is 0 Å². The van der Waals surface area contributed by atoms with E-state index >= 15 is 0 Å². The molecule has 108 valence electrons. The molecule has 0 heterocycles. The highest BCUT2D eigenvalue weighted by Crippen LogP contribution is 2.15. The molecule has 0 radical (unpaired) electrons. The Morgan fingerprint density at radius 3 is 2.22 bits per heavy atom. The number of hydrogen-bond acceptors (Lipinski definition) is 3. The highest BCUT2D eigenvalue weighted by molar-refractivity contribution is 5.76. The van der Waals surface area contributed by atoms with Gasteiger partial charge in [0.25, 0.3) is 0 Å². The topological polar surface area (TPSA) is 58.6 Å². The third-order valence-corrected chi connectivity index (χ3v) is 2.80. The van der Waals surface area contributed by atoms with Crippen LogP contribution >= 0.6 is 0 Å². The zero-order valence-corrected chi connectivity index (χ0v) is 10.6. The first-order valence-corrected chi connectivity index (χ1v) is 5.85. The molecule has 0 spiro atoms. The Bertz CT molecular complexity index is 244. The molecule has 7 heteroatoms. The van der Waals surface area contributed by atoms with Crippen molar-refractivity contribution in [3.63, 3.8) is 0 Å². The van der Waals surface area contributed by atoms with Gasteiger partial charge >= 0.3 is 6.18 Å². The van der Waals surface area contributed by atoms with Gasteiger partial charge in [-0.15, -0.1) is 0 Å². The monoisotopic (exact) mass is 271 g/mol. The molecule has 0 atom stereocenters. The molecule has 0 aliphatic heterocycles. The molecule has 0 aromatic heterocycles. The van der Waals surface area contributed by atoms with Gasteiger partial charge in [-0.05, 0) is 12.8 Å². The summed E-state index contributed by atoms with van der Waals surface area (Å²) in [6.45, 7) is 1.79. The van der Waals surface area contributed by atoms with E-state index in [-0.39, 0.29) is 19.6 Å². The van der Waals surface area contributed by atoms with Crippen molar-refractivity contribution in [1.82, 2.24) is 5.32 Å². The summed E-state index contributed by atoms with van der Waals surface area (Å²) in [6.07, 6.45) is -3.43. The van der Waals surface area contributed by atoms with Crippen LogP contribution in [0.3, 0.4) is 0 Å². The van der Waals surface area contributed by atoms with Crippen LogP contribution in [0.2, 0.25) is 0 Å². The second-order valence-electron chi connectivity index (χ2n) is 4.11. The van der Waals surface area contributed by atoms with Crippen molar-refractivity contribution >= 4 is 5.91 Å². The Balaban J connectivity index is 3.97. The van der Waals surface area contributed by atoms with Crippen LogP contribution in [-0.2, 0) is 9.53 Å². The Kier molecular flexibility index (Phi) is 7.23. The number of aliphatic hydroxyl groups excluding tert-OH is 1. The summed E-state index contributed by atoms with van der Waals surface area (Å²) in [7, 11) is 0. The van der Waals surface area contributed by atoms with Gasteiger partial charge in [0.15, 0.2) is 0 Å². The third-order valence-electron chi connectivity index (χ3n) is 2.80. The zero-order chi connectivity index (χ0) is 14.2. The lowest BCUT2D eigenvalue weighted by Gasteiger charge is -2.30. The number of rotatable bonds is 8. The van der Waals surface area contributed by atoms with Crippen molar-refractivity contribution in [1.29, 1.82) is 0 Å². The molecule has 2 N–H and O–H groups in total. The van der Waals surface area contributed by atoms with Gasteiger partial charge in [-0.1, -0.05) is 13.8 Å². The van der Waals surface area contributed by atoms with E-state index < -0.39 is 24.2 Å². The molecular weight excluding hydrogens is 251 g/mol. The van der Waals surface area contributed by atoms with E-state index in [9.17, 15) is 23.1 Å². The number of halogens is 3. The fraction of sp³-hybridized carbons (Fsp3) is 0.909. The van der Waals surface area contributed by atoms with E-state index in [2.05, 4.69) is 10.1 Å². The largest absolute Gasteiger partial charge is 0.411 e. The van der Waals surface area contributed by atoms with E-state index in [1.54, 1.807) is 0 Å². The summed E-state index contributed by atoms with van der Waals surface area (Å²) in [5, 5.41) is 11.8. The highest BCUT2D eigenvalue weighted by Gasteiger charge is 2.28. The van der Waals surface area contributed by atoms with Gasteiger partial charge in [-0.2, -0.15) is 13.2 Å². The molecule has 0 bridgehead atoms. The minimum atomic E-state index is -4.38. The van der Waals surface area contributed by atoms with Gasteiger partial charge in [0, 0.05) is 6.42 Å². The Hall–Kier alpha value is -0.820. The van der Waals surface area contributed by atoms with E-state index in [0.717, 1.165) is 0 Å². The zero-order valence-electron chi connectivity index (χ0n) is 10.6. The van der Waals surface area contributed by atoms with Gasteiger partial charge < -0.3 is 15.2 Å². The molecule has 1 amide bonds. The van der Waals surface area contributed by atoms with Crippen LogP contribution in [0.5, 0.6) is 0 Å². The Morgan fingerprint density at radius 1 is 1.28 bits per heavy atom. The summed E-state index contributed by atoms with van der Waals surface area (Å²) < 4.78 is 39.6. The minimum Gasteiger partial charge on any atom is -0.394 e. The summed E-state index contributed by atoms with van der Waals surface area (Å²) in [6, 6.07) is 0. The fourth-order valence-electron chi connectivity index (χ4n) is 1.40.